The highest BCUT2D eigenvalue weighted by atomic mass is 32.1. The third kappa shape index (κ3) is 4.83. The number of aryl methyl sites for hydroxylation is 2. The minimum atomic E-state index is 0.496. The van der Waals surface area contributed by atoms with Crippen LogP contribution in [0.15, 0.2) is 52.9 Å². The smallest absolute Gasteiger partial charge is 0.203 e. The van der Waals surface area contributed by atoms with Crippen molar-refractivity contribution >= 4 is 22.7 Å². The Bertz CT molecular complexity index is 906. The molecule has 1 N–H and O–H groups in total. The van der Waals surface area contributed by atoms with Gasteiger partial charge in [-0.15, -0.1) is 11.3 Å². The summed E-state index contributed by atoms with van der Waals surface area (Å²) in [7, 11) is 1.63. The lowest BCUT2D eigenvalue weighted by atomic mass is 10.1. The van der Waals surface area contributed by atoms with Crippen LogP contribution in [0.1, 0.15) is 22.4 Å². The summed E-state index contributed by atoms with van der Waals surface area (Å²) in [4.78, 5) is 4.30. The molecule has 3 aromatic rings. The van der Waals surface area contributed by atoms with E-state index < -0.39 is 0 Å². The number of methoxy groups -OCH3 is 1. The highest BCUT2D eigenvalue weighted by Crippen LogP contribution is 2.28. The van der Waals surface area contributed by atoms with Crippen LogP contribution in [0.5, 0.6) is 11.5 Å². The molecular weight excluding hydrogens is 346 g/mol. The Kier molecular flexibility index (Phi) is 5.86. The second-order valence-electron chi connectivity index (χ2n) is 5.85. The van der Waals surface area contributed by atoms with E-state index in [-0.39, 0.29) is 0 Å². The number of thiazole rings is 1. The molecule has 0 amide bonds. The molecule has 2 aromatic carbocycles. The van der Waals surface area contributed by atoms with Crippen LogP contribution in [0.25, 0.3) is 0 Å². The van der Waals surface area contributed by atoms with Crippen LogP contribution in [-0.2, 0) is 6.61 Å². The Labute approximate surface area is 157 Å². The number of nitrogens with zero attached hydrogens (tertiary/aromatic N) is 2. The summed E-state index contributed by atoms with van der Waals surface area (Å²) >= 11 is 1.52. The molecule has 0 bridgehead atoms. The van der Waals surface area contributed by atoms with Crippen LogP contribution in [0, 0.1) is 13.8 Å². The number of rotatable bonds is 7. The summed E-state index contributed by atoms with van der Waals surface area (Å²) in [5.41, 5.74) is 7.15. The van der Waals surface area contributed by atoms with Gasteiger partial charge in [0.2, 0.25) is 5.13 Å². The molecule has 0 saturated carbocycles. The minimum Gasteiger partial charge on any atom is -0.493 e. The number of anilines is 1. The average Bonchev–Trinajstić information content (AvgIpc) is 3.05. The maximum atomic E-state index is 5.91. The molecule has 134 valence electrons. The SMILES string of the molecule is COc1cc(C=NNc2nc(C)cs2)ccc1OCc1cccc(C)c1. The molecule has 0 saturated heterocycles. The van der Waals surface area contributed by atoms with Crippen molar-refractivity contribution < 1.29 is 9.47 Å². The van der Waals surface area contributed by atoms with Crippen LogP contribution < -0.4 is 14.9 Å². The summed E-state index contributed by atoms with van der Waals surface area (Å²) in [6.07, 6.45) is 1.73. The highest BCUT2D eigenvalue weighted by molar-refractivity contribution is 7.13. The standard InChI is InChI=1S/C20H21N3O2S/c1-14-5-4-6-17(9-14)12-25-18-8-7-16(10-19(18)24-3)11-21-23-20-22-15(2)13-26-20/h4-11,13H,12H2,1-3H3,(H,22,23). The van der Waals surface area contributed by atoms with Crippen molar-refractivity contribution in [3.05, 3.63) is 70.2 Å². The van der Waals surface area contributed by atoms with Crippen LogP contribution in [-0.4, -0.2) is 18.3 Å². The topological polar surface area (TPSA) is 55.7 Å². The number of benzene rings is 2. The van der Waals surface area contributed by atoms with Crippen molar-refractivity contribution in [2.75, 3.05) is 12.5 Å². The fourth-order valence-electron chi connectivity index (χ4n) is 2.41. The predicted molar refractivity (Wildman–Crippen MR) is 107 cm³/mol. The van der Waals surface area contributed by atoms with Gasteiger partial charge in [0.15, 0.2) is 11.5 Å². The molecule has 3 rings (SSSR count). The van der Waals surface area contributed by atoms with Gasteiger partial charge in [-0.05, 0) is 43.2 Å². The zero-order valence-corrected chi connectivity index (χ0v) is 15.8. The van der Waals surface area contributed by atoms with Crippen molar-refractivity contribution in [2.24, 2.45) is 5.10 Å². The van der Waals surface area contributed by atoms with E-state index in [0.29, 0.717) is 18.1 Å². The van der Waals surface area contributed by atoms with E-state index >= 15 is 0 Å². The summed E-state index contributed by atoms with van der Waals surface area (Å²) in [5, 5.41) is 6.95. The largest absolute Gasteiger partial charge is 0.493 e. The number of ether oxygens (including phenoxy) is 2. The van der Waals surface area contributed by atoms with Crippen molar-refractivity contribution in [3.63, 3.8) is 0 Å². The van der Waals surface area contributed by atoms with Gasteiger partial charge in [0.25, 0.3) is 0 Å². The molecule has 0 aliphatic heterocycles. The van der Waals surface area contributed by atoms with Gasteiger partial charge < -0.3 is 9.47 Å². The zero-order chi connectivity index (χ0) is 18.4. The molecule has 0 unspecified atom stereocenters. The van der Waals surface area contributed by atoms with Gasteiger partial charge in [-0.25, -0.2) is 4.98 Å². The summed E-state index contributed by atoms with van der Waals surface area (Å²) in [6.45, 7) is 4.52. The zero-order valence-electron chi connectivity index (χ0n) is 15.0. The number of hydrogen-bond donors (Lipinski definition) is 1. The van der Waals surface area contributed by atoms with Gasteiger partial charge in [0, 0.05) is 5.38 Å². The Morgan fingerprint density at radius 1 is 1.15 bits per heavy atom. The van der Waals surface area contributed by atoms with Crippen LogP contribution in [0.3, 0.4) is 0 Å². The molecule has 0 spiro atoms. The number of hydrazone groups is 1. The molecule has 0 fully saturated rings. The van der Waals surface area contributed by atoms with Gasteiger partial charge in [-0.1, -0.05) is 29.8 Å². The van der Waals surface area contributed by atoms with Gasteiger partial charge in [0.1, 0.15) is 6.61 Å². The first-order chi connectivity index (χ1) is 12.6. The van der Waals surface area contributed by atoms with Crippen molar-refractivity contribution in [1.82, 2.24) is 4.98 Å². The monoisotopic (exact) mass is 367 g/mol. The van der Waals surface area contributed by atoms with Gasteiger partial charge >= 0.3 is 0 Å². The summed E-state index contributed by atoms with van der Waals surface area (Å²) in [5.74, 6) is 1.38. The third-order valence-corrected chi connectivity index (χ3v) is 4.52. The van der Waals surface area contributed by atoms with Gasteiger partial charge in [-0.2, -0.15) is 5.10 Å². The first kappa shape index (κ1) is 17.9. The van der Waals surface area contributed by atoms with E-state index in [1.807, 2.05) is 42.6 Å². The molecule has 0 radical (unpaired) electrons. The van der Waals surface area contributed by atoms with E-state index in [2.05, 4.69) is 34.6 Å². The molecule has 0 atom stereocenters. The lowest BCUT2D eigenvalue weighted by Gasteiger charge is -2.11. The quantitative estimate of drug-likeness (QED) is 0.482. The van der Waals surface area contributed by atoms with E-state index in [4.69, 9.17) is 9.47 Å². The molecule has 0 aliphatic rings. The Morgan fingerprint density at radius 2 is 2.04 bits per heavy atom. The van der Waals surface area contributed by atoms with Crippen LogP contribution in [0.4, 0.5) is 5.13 Å². The third-order valence-electron chi connectivity index (χ3n) is 3.66. The summed E-state index contributed by atoms with van der Waals surface area (Å²) < 4.78 is 11.4. The molecule has 5 nitrogen and oxygen atoms in total. The van der Waals surface area contributed by atoms with Gasteiger partial charge in [0.05, 0.1) is 19.0 Å². The molecular formula is C20H21N3O2S. The summed E-state index contributed by atoms with van der Waals surface area (Å²) in [6, 6.07) is 14.0. The molecule has 6 heteroatoms. The van der Waals surface area contributed by atoms with E-state index in [1.54, 1.807) is 13.3 Å². The van der Waals surface area contributed by atoms with Crippen molar-refractivity contribution in [3.8, 4) is 11.5 Å². The predicted octanol–water partition coefficient (Wildman–Crippen LogP) is 4.79. The second kappa shape index (κ2) is 8.49. The van der Waals surface area contributed by atoms with Crippen LogP contribution >= 0.6 is 11.3 Å². The van der Waals surface area contributed by atoms with E-state index in [0.717, 1.165) is 22.0 Å². The number of nitrogens with one attached hydrogen (secondary N) is 1. The lowest BCUT2D eigenvalue weighted by molar-refractivity contribution is 0.284. The fraction of sp³-hybridized carbons (Fsp3) is 0.200. The number of aromatic nitrogens is 1. The maximum Gasteiger partial charge on any atom is 0.203 e. The normalized spacial score (nSPS) is 10.9. The minimum absolute atomic E-state index is 0.496. The van der Waals surface area contributed by atoms with Crippen molar-refractivity contribution in [1.29, 1.82) is 0 Å². The van der Waals surface area contributed by atoms with Gasteiger partial charge in [-0.3, -0.25) is 5.43 Å². The Hall–Kier alpha value is -2.86. The second-order valence-corrected chi connectivity index (χ2v) is 6.71. The first-order valence-corrected chi connectivity index (χ1v) is 9.09. The Balaban J connectivity index is 1.65. The molecule has 26 heavy (non-hydrogen) atoms. The van der Waals surface area contributed by atoms with Crippen LogP contribution in [0.2, 0.25) is 0 Å². The maximum absolute atomic E-state index is 5.91. The average molecular weight is 367 g/mol. The molecule has 1 heterocycles. The lowest BCUT2D eigenvalue weighted by Crippen LogP contribution is -1.99. The highest BCUT2D eigenvalue weighted by Gasteiger charge is 2.06. The van der Waals surface area contributed by atoms with E-state index in [1.165, 1.54) is 16.9 Å². The molecule has 0 aliphatic carbocycles. The fourth-order valence-corrected chi connectivity index (χ4v) is 3.05. The van der Waals surface area contributed by atoms with E-state index in [9.17, 15) is 0 Å². The van der Waals surface area contributed by atoms with Crippen molar-refractivity contribution in [2.45, 2.75) is 20.5 Å². The Morgan fingerprint density at radius 3 is 2.77 bits per heavy atom. The molecule has 1 aromatic heterocycles. The number of hydrogen-bond acceptors (Lipinski definition) is 6. The first-order valence-electron chi connectivity index (χ1n) is 8.21.